The van der Waals surface area contributed by atoms with Crippen molar-refractivity contribution in [3.05, 3.63) is 71.8 Å². The van der Waals surface area contributed by atoms with Crippen LogP contribution in [0.5, 0.6) is 0 Å². The molecule has 1 saturated heterocycles. The largest absolute Gasteiger partial charge is 0.480 e. The summed E-state index contributed by atoms with van der Waals surface area (Å²) in [6, 6.07) is 15.3. The van der Waals surface area contributed by atoms with Gasteiger partial charge in [-0.2, -0.15) is 0 Å². The van der Waals surface area contributed by atoms with Gasteiger partial charge >= 0.3 is 12.1 Å². The number of nitrogens with one attached hydrogen (secondary N) is 1. The third kappa shape index (κ3) is 3.99. The first-order valence-corrected chi connectivity index (χ1v) is 11.3. The van der Waals surface area contributed by atoms with E-state index in [1.54, 1.807) is 0 Å². The highest BCUT2D eigenvalue weighted by molar-refractivity contribution is 5.87. The summed E-state index contributed by atoms with van der Waals surface area (Å²) in [5, 5.41) is 12.1. The maximum Gasteiger partial charge on any atom is 0.407 e. The van der Waals surface area contributed by atoms with Crippen molar-refractivity contribution >= 4 is 18.0 Å². The summed E-state index contributed by atoms with van der Waals surface area (Å²) in [5.41, 5.74) is 4.64. The summed E-state index contributed by atoms with van der Waals surface area (Å²) in [6.07, 6.45) is 4.69. The molecule has 2 aromatic carbocycles. The van der Waals surface area contributed by atoms with E-state index in [0.717, 1.165) is 11.1 Å². The van der Waals surface area contributed by atoms with Crippen LogP contribution in [0.4, 0.5) is 4.79 Å². The fraction of sp³-hybridized carbons (Fsp3) is 0.346. The minimum absolute atomic E-state index is 0.0151. The van der Waals surface area contributed by atoms with Crippen molar-refractivity contribution in [3.8, 4) is 11.1 Å². The van der Waals surface area contributed by atoms with Gasteiger partial charge in [-0.3, -0.25) is 4.79 Å². The molecule has 2 aromatic rings. The molecular formula is C26H26N2O5. The van der Waals surface area contributed by atoms with E-state index < -0.39 is 18.1 Å². The summed E-state index contributed by atoms with van der Waals surface area (Å²) in [7, 11) is 0. The molecule has 1 heterocycles. The number of amides is 2. The molecular weight excluding hydrogens is 420 g/mol. The van der Waals surface area contributed by atoms with E-state index in [9.17, 15) is 19.5 Å². The van der Waals surface area contributed by atoms with Gasteiger partial charge in [-0.15, -0.1) is 0 Å². The number of ether oxygens (including phenoxy) is 1. The zero-order valence-electron chi connectivity index (χ0n) is 18.1. The van der Waals surface area contributed by atoms with Crippen LogP contribution in [0, 0.1) is 5.92 Å². The highest BCUT2D eigenvalue weighted by atomic mass is 16.5. The number of carboxylic acid groups (broad SMARTS) is 1. The Hall–Kier alpha value is -3.61. The predicted octanol–water partition coefficient (Wildman–Crippen LogP) is 3.55. The molecule has 7 nitrogen and oxygen atoms in total. The number of rotatable bonds is 5. The minimum Gasteiger partial charge on any atom is -0.480 e. The third-order valence-corrected chi connectivity index (χ3v) is 6.91. The van der Waals surface area contributed by atoms with Crippen LogP contribution < -0.4 is 5.32 Å². The highest BCUT2D eigenvalue weighted by Gasteiger charge is 2.41. The number of carboxylic acids is 1. The molecule has 0 saturated carbocycles. The van der Waals surface area contributed by atoms with E-state index in [-0.39, 0.29) is 30.4 Å². The molecule has 2 aliphatic carbocycles. The van der Waals surface area contributed by atoms with Crippen LogP contribution >= 0.6 is 0 Å². The Morgan fingerprint density at radius 3 is 2.30 bits per heavy atom. The molecule has 1 fully saturated rings. The molecule has 33 heavy (non-hydrogen) atoms. The Bertz CT molecular complexity index is 1080. The smallest absolute Gasteiger partial charge is 0.407 e. The Morgan fingerprint density at radius 2 is 1.70 bits per heavy atom. The Balaban J connectivity index is 1.18. The number of hydrogen-bond acceptors (Lipinski definition) is 4. The molecule has 5 rings (SSSR count). The molecule has 0 spiro atoms. The van der Waals surface area contributed by atoms with Crippen LogP contribution in [0.1, 0.15) is 36.3 Å². The first-order chi connectivity index (χ1) is 16.0. The lowest BCUT2D eigenvalue weighted by atomic mass is 9.88. The van der Waals surface area contributed by atoms with Gasteiger partial charge < -0.3 is 20.1 Å². The molecule has 170 valence electrons. The molecule has 0 aromatic heterocycles. The molecule has 0 bridgehead atoms. The van der Waals surface area contributed by atoms with Crippen molar-refractivity contribution in [1.82, 2.24) is 10.2 Å². The molecule has 2 N–H and O–H groups in total. The second-order valence-electron chi connectivity index (χ2n) is 8.85. The van der Waals surface area contributed by atoms with Crippen molar-refractivity contribution < 1.29 is 24.2 Å². The second-order valence-corrected chi connectivity index (χ2v) is 8.85. The van der Waals surface area contributed by atoms with E-state index in [4.69, 9.17) is 4.74 Å². The fourth-order valence-corrected chi connectivity index (χ4v) is 5.13. The number of fused-ring (bicyclic) bond motifs is 3. The van der Waals surface area contributed by atoms with Crippen molar-refractivity contribution in [3.63, 3.8) is 0 Å². The van der Waals surface area contributed by atoms with Crippen LogP contribution in [-0.4, -0.2) is 53.2 Å². The lowest BCUT2D eigenvalue weighted by Crippen LogP contribution is -2.57. The van der Waals surface area contributed by atoms with Gasteiger partial charge in [0.25, 0.3) is 0 Å². The topological polar surface area (TPSA) is 95.9 Å². The van der Waals surface area contributed by atoms with Crippen LogP contribution in [0.3, 0.4) is 0 Å². The maximum absolute atomic E-state index is 12.7. The molecule has 3 atom stereocenters. The van der Waals surface area contributed by atoms with Gasteiger partial charge in [-0.05, 0) is 41.5 Å². The molecule has 1 unspecified atom stereocenters. The number of carbonyl (C=O) groups is 3. The van der Waals surface area contributed by atoms with Gasteiger partial charge in [-0.25, -0.2) is 9.59 Å². The standard InChI is InChI=1S/C26H26N2O5/c29-24(28-13-12-23(28)25(30)31)16-6-5-7-17(14-16)27-26(32)33-15-22-20-10-3-1-8-18(20)19-9-2-4-11-21(19)22/h1-5,7-11,16-17,22-23H,6,12-15H2,(H,27,32)(H,30,31)/t16-,17-,23?/m1/s1. The Labute approximate surface area is 192 Å². The molecule has 3 aliphatic rings. The van der Waals surface area contributed by atoms with Gasteiger partial charge in [0.2, 0.25) is 5.91 Å². The van der Waals surface area contributed by atoms with E-state index in [0.29, 0.717) is 25.8 Å². The van der Waals surface area contributed by atoms with E-state index >= 15 is 0 Å². The molecule has 1 aliphatic heterocycles. The lowest BCUT2D eigenvalue weighted by molar-refractivity contribution is -0.159. The summed E-state index contributed by atoms with van der Waals surface area (Å²) in [4.78, 5) is 38.0. The average molecular weight is 447 g/mol. The number of hydrogen-bond donors (Lipinski definition) is 2. The van der Waals surface area contributed by atoms with Crippen LogP contribution in [0.2, 0.25) is 0 Å². The molecule has 2 amide bonds. The van der Waals surface area contributed by atoms with Crippen molar-refractivity contribution in [2.45, 2.75) is 37.3 Å². The number of allylic oxidation sites excluding steroid dienone is 1. The number of likely N-dealkylation sites (tertiary alicyclic amines) is 1. The second kappa shape index (κ2) is 8.73. The molecule has 0 radical (unpaired) electrons. The van der Waals surface area contributed by atoms with Gasteiger partial charge in [0, 0.05) is 18.4 Å². The van der Waals surface area contributed by atoms with Crippen LogP contribution in [0.15, 0.2) is 60.7 Å². The van der Waals surface area contributed by atoms with Crippen molar-refractivity contribution in [2.75, 3.05) is 13.2 Å². The SMILES string of the molecule is O=C(N[C@@H]1C=CC[C@@H](C(=O)N2CCC2C(=O)O)C1)OCC1c2ccccc2-c2ccccc21. The van der Waals surface area contributed by atoms with Crippen molar-refractivity contribution in [1.29, 1.82) is 0 Å². The fourth-order valence-electron chi connectivity index (χ4n) is 5.13. The maximum atomic E-state index is 12.7. The Morgan fingerprint density at radius 1 is 1.03 bits per heavy atom. The third-order valence-electron chi connectivity index (χ3n) is 6.91. The summed E-state index contributed by atoms with van der Waals surface area (Å²) in [6.45, 7) is 0.702. The van der Waals surface area contributed by atoms with Gasteiger partial charge in [0.1, 0.15) is 12.6 Å². The summed E-state index contributed by atoms with van der Waals surface area (Å²) >= 11 is 0. The monoisotopic (exact) mass is 446 g/mol. The normalized spacial score (nSPS) is 23.3. The Kier molecular flexibility index (Phi) is 5.62. The zero-order chi connectivity index (χ0) is 22.9. The number of alkyl carbamates (subject to hydrolysis) is 1. The highest BCUT2D eigenvalue weighted by Crippen LogP contribution is 2.44. The van der Waals surface area contributed by atoms with E-state index in [1.807, 2.05) is 36.4 Å². The summed E-state index contributed by atoms with van der Waals surface area (Å²) in [5.74, 6) is -1.47. The van der Waals surface area contributed by atoms with Crippen LogP contribution in [0.25, 0.3) is 11.1 Å². The van der Waals surface area contributed by atoms with Gasteiger partial charge in [0.15, 0.2) is 0 Å². The average Bonchev–Trinajstić information content (AvgIpc) is 3.10. The predicted molar refractivity (Wildman–Crippen MR) is 122 cm³/mol. The van der Waals surface area contributed by atoms with E-state index in [2.05, 4.69) is 29.6 Å². The lowest BCUT2D eigenvalue weighted by Gasteiger charge is -2.40. The van der Waals surface area contributed by atoms with E-state index in [1.165, 1.54) is 16.0 Å². The van der Waals surface area contributed by atoms with Gasteiger partial charge in [0.05, 0.1) is 6.04 Å². The van der Waals surface area contributed by atoms with Crippen molar-refractivity contribution in [2.24, 2.45) is 5.92 Å². The zero-order valence-corrected chi connectivity index (χ0v) is 18.1. The summed E-state index contributed by atoms with van der Waals surface area (Å²) < 4.78 is 5.61. The first kappa shape index (κ1) is 21.2. The number of benzene rings is 2. The quantitative estimate of drug-likeness (QED) is 0.685. The number of aliphatic carboxylic acids is 1. The first-order valence-electron chi connectivity index (χ1n) is 11.3. The molecule has 7 heteroatoms. The van der Waals surface area contributed by atoms with Crippen LogP contribution in [-0.2, 0) is 14.3 Å². The number of nitrogens with zero attached hydrogens (tertiary/aromatic N) is 1. The minimum atomic E-state index is -0.964. The van der Waals surface area contributed by atoms with Gasteiger partial charge in [-0.1, -0.05) is 60.7 Å². The number of carbonyl (C=O) groups excluding carboxylic acids is 2.